The van der Waals surface area contributed by atoms with Gasteiger partial charge in [-0.05, 0) is 83.1 Å². The predicted molar refractivity (Wildman–Crippen MR) is 244 cm³/mol. The van der Waals surface area contributed by atoms with Crippen molar-refractivity contribution in [2.75, 3.05) is 26.4 Å². The predicted octanol–water partition coefficient (Wildman–Crippen LogP) is 10.7. The van der Waals surface area contributed by atoms with E-state index in [1.165, 1.54) is 44.6 Å². The minimum absolute atomic E-state index is 0.0683. The van der Waals surface area contributed by atoms with E-state index in [9.17, 15) is 33.5 Å². The summed E-state index contributed by atoms with van der Waals surface area (Å²) < 4.78 is 47.5. The van der Waals surface area contributed by atoms with Crippen LogP contribution in [0.2, 0.25) is 0 Å². The minimum Gasteiger partial charge on any atom is -0.462 e. The van der Waals surface area contributed by atoms with E-state index in [2.05, 4.69) is 83.7 Å². The molecule has 0 amide bonds. The highest BCUT2D eigenvalue weighted by molar-refractivity contribution is 7.47. The minimum atomic E-state index is -4.90. The van der Waals surface area contributed by atoms with Gasteiger partial charge in [-0.1, -0.05) is 131 Å². The van der Waals surface area contributed by atoms with Crippen LogP contribution in [0, 0.1) is 0 Å². The summed E-state index contributed by atoms with van der Waals surface area (Å²) in [5, 5.41) is 9.74. The number of aliphatic hydroxyl groups excluding tert-OH is 1. The zero-order valence-electron chi connectivity index (χ0n) is 37.2. The number of ketones is 1. The second-order valence-electron chi connectivity index (χ2n) is 14.6. The second-order valence-corrected chi connectivity index (χ2v) is 17.3. The maximum absolute atomic E-state index is 12.7. The van der Waals surface area contributed by atoms with Crippen molar-refractivity contribution in [3.8, 4) is 0 Å². The Hall–Kier alpha value is -3.03. The van der Waals surface area contributed by atoms with Gasteiger partial charge in [0, 0.05) is 19.3 Å². The third-order valence-corrected chi connectivity index (χ3v) is 10.2. The lowest BCUT2D eigenvalue weighted by Crippen LogP contribution is -2.30. The highest BCUT2D eigenvalue weighted by Crippen LogP contribution is 2.43. The topological polar surface area (TPSA) is 212 Å². The van der Waals surface area contributed by atoms with E-state index >= 15 is 0 Å². The third-order valence-electron chi connectivity index (χ3n) is 8.72. The summed E-state index contributed by atoms with van der Waals surface area (Å²) in [6.07, 6.45) is 42.9. The number of allylic oxidation sites excluding steroid dienone is 14. The standard InChI is InChI=1S/C46H76O14P2/c1-3-5-7-9-11-13-15-17-18-19-20-22-24-26-28-30-32-36-45(49)56-40-44(41-59-62(54,55)58-39-43(48)38-57-61(51,52)53)60-46(50)37-33-35-42(47)34-31-29-27-25-23-21-16-14-12-10-8-6-4-2/h11-14,17-18,20-23,27,29,31,34,43-44,48H,3-10,15-16,19,24-26,28,30,32-33,35-41H2,1-2H3,(H,54,55)(H2,51,52,53)/b13-11-,14-12-,18-17-,22-20-,23-21-,29-27-,34-31+/t43-,44+/m0/s1. The van der Waals surface area contributed by atoms with Crippen LogP contribution in [-0.4, -0.2) is 76.1 Å². The average molecular weight is 915 g/mol. The molecule has 0 spiro atoms. The van der Waals surface area contributed by atoms with Gasteiger partial charge in [-0.15, -0.1) is 0 Å². The molecule has 62 heavy (non-hydrogen) atoms. The molecular formula is C46H76O14P2. The van der Waals surface area contributed by atoms with E-state index in [0.717, 1.165) is 64.2 Å². The van der Waals surface area contributed by atoms with Crippen LogP contribution in [0.25, 0.3) is 0 Å². The summed E-state index contributed by atoms with van der Waals surface area (Å²) in [5.41, 5.74) is 0. The highest BCUT2D eigenvalue weighted by Gasteiger charge is 2.28. The van der Waals surface area contributed by atoms with Crippen molar-refractivity contribution in [2.24, 2.45) is 0 Å². The lowest BCUT2D eigenvalue weighted by molar-refractivity contribution is -0.161. The van der Waals surface area contributed by atoms with Crippen molar-refractivity contribution in [3.05, 3.63) is 85.1 Å². The van der Waals surface area contributed by atoms with E-state index in [-0.39, 0.29) is 31.5 Å². The summed E-state index contributed by atoms with van der Waals surface area (Å²) in [5.74, 6) is -1.51. The number of hydrogen-bond donors (Lipinski definition) is 4. The van der Waals surface area contributed by atoms with E-state index in [1.54, 1.807) is 12.2 Å². The largest absolute Gasteiger partial charge is 0.472 e. The number of ether oxygens (including phenoxy) is 2. The quantitative estimate of drug-likeness (QED) is 0.0112. The Morgan fingerprint density at radius 3 is 1.56 bits per heavy atom. The van der Waals surface area contributed by atoms with Crippen LogP contribution in [0.5, 0.6) is 0 Å². The fourth-order valence-corrected chi connectivity index (χ4v) is 6.46. The molecule has 354 valence electrons. The molecule has 0 saturated heterocycles. The van der Waals surface area contributed by atoms with Gasteiger partial charge < -0.3 is 29.3 Å². The molecule has 0 bridgehead atoms. The van der Waals surface area contributed by atoms with Crippen LogP contribution >= 0.6 is 15.6 Å². The molecule has 16 heteroatoms. The van der Waals surface area contributed by atoms with Crippen molar-refractivity contribution < 1.29 is 66.3 Å². The normalized spacial score (nSPS) is 14.7. The first kappa shape index (κ1) is 59.0. The number of phosphoric ester groups is 2. The van der Waals surface area contributed by atoms with Gasteiger partial charge in [-0.25, -0.2) is 9.13 Å². The zero-order chi connectivity index (χ0) is 46.0. The smallest absolute Gasteiger partial charge is 0.462 e. The molecule has 0 aliphatic rings. The summed E-state index contributed by atoms with van der Waals surface area (Å²) in [6.45, 7) is 1.39. The van der Waals surface area contributed by atoms with Crippen LogP contribution < -0.4 is 0 Å². The monoisotopic (exact) mass is 914 g/mol. The van der Waals surface area contributed by atoms with Crippen LogP contribution in [-0.2, 0) is 46.6 Å². The summed E-state index contributed by atoms with van der Waals surface area (Å²) >= 11 is 0. The first-order chi connectivity index (χ1) is 29.8. The maximum Gasteiger partial charge on any atom is 0.472 e. The molecule has 4 N–H and O–H groups in total. The number of phosphoric acid groups is 2. The molecule has 0 heterocycles. The Kier molecular flexibility index (Phi) is 38.7. The van der Waals surface area contributed by atoms with Gasteiger partial charge in [-0.2, -0.15) is 0 Å². The van der Waals surface area contributed by atoms with Gasteiger partial charge in [0.25, 0.3) is 0 Å². The molecule has 0 aromatic rings. The lowest BCUT2D eigenvalue weighted by atomic mass is 10.1. The van der Waals surface area contributed by atoms with E-state index in [0.29, 0.717) is 6.42 Å². The molecule has 14 nitrogen and oxygen atoms in total. The van der Waals surface area contributed by atoms with Gasteiger partial charge in [0.15, 0.2) is 11.9 Å². The van der Waals surface area contributed by atoms with Gasteiger partial charge in [0.1, 0.15) is 12.7 Å². The van der Waals surface area contributed by atoms with Gasteiger partial charge >= 0.3 is 27.6 Å². The molecule has 0 saturated carbocycles. The van der Waals surface area contributed by atoms with Crippen LogP contribution in [0.15, 0.2) is 85.1 Å². The van der Waals surface area contributed by atoms with Crippen molar-refractivity contribution in [3.63, 3.8) is 0 Å². The Balaban J connectivity index is 4.76. The van der Waals surface area contributed by atoms with Crippen molar-refractivity contribution in [2.45, 2.75) is 161 Å². The second kappa shape index (κ2) is 40.7. The molecule has 0 aliphatic carbocycles. The summed E-state index contributed by atoms with van der Waals surface area (Å²) in [7, 11) is -9.78. The number of unbranched alkanes of at least 4 members (excludes halogenated alkanes) is 10. The lowest BCUT2D eigenvalue weighted by Gasteiger charge is -2.20. The molecule has 1 unspecified atom stereocenters. The number of carbonyl (C=O) groups excluding carboxylic acids is 3. The average Bonchev–Trinajstić information content (AvgIpc) is 3.22. The van der Waals surface area contributed by atoms with Gasteiger partial charge in [0.05, 0.1) is 19.8 Å². The van der Waals surface area contributed by atoms with Crippen molar-refractivity contribution in [1.82, 2.24) is 0 Å². The van der Waals surface area contributed by atoms with E-state index in [1.807, 2.05) is 6.08 Å². The molecule has 0 aromatic heterocycles. The Bertz CT molecular complexity index is 1480. The first-order valence-corrected chi connectivity index (χ1v) is 25.3. The number of carbonyl (C=O) groups is 3. The number of aliphatic hydroxyl groups is 1. The first-order valence-electron chi connectivity index (χ1n) is 22.2. The van der Waals surface area contributed by atoms with Crippen molar-refractivity contribution in [1.29, 1.82) is 0 Å². The molecule has 0 aliphatic heterocycles. The van der Waals surface area contributed by atoms with Gasteiger partial charge in [-0.3, -0.25) is 28.0 Å². The molecule has 0 rings (SSSR count). The number of esters is 2. The summed E-state index contributed by atoms with van der Waals surface area (Å²) in [6, 6.07) is 0. The Labute approximate surface area is 371 Å². The number of hydrogen-bond acceptors (Lipinski definition) is 11. The third kappa shape index (κ3) is 43.6. The zero-order valence-corrected chi connectivity index (χ0v) is 39.0. The molecule has 3 atom stereocenters. The SMILES string of the molecule is CCCCC/C=C\C/C=C\C/C=C\C=C\C(=O)CCCC(=O)O[C@H](COC(=O)CCCCCC/C=C\C/C=C\C/C=C\CCCCC)COP(=O)(O)OC[C@@H](O)COP(=O)(O)O. The van der Waals surface area contributed by atoms with Crippen LogP contribution in [0.4, 0.5) is 0 Å². The van der Waals surface area contributed by atoms with Crippen LogP contribution in [0.3, 0.4) is 0 Å². The Morgan fingerprint density at radius 2 is 1.00 bits per heavy atom. The summed E-state index contributed by atoms with van der Waals surface area (Å²) in [4.78, 5) is 65.0. The highest BCUT2D eigenvalue weighted by atomic mass is 31.2. The fraction of sp³-hybridized carbons (Fsp3) is 0.630. The molecular weight excluding hydrogens is 838 g/mol. The Morgan fingerprint density at radius 1 is 0.516 bits per heavy atom. The number of rotatable bonds is 41. The molecule has 0 aromatic carbocycles. The van der Waals surface area contributed by atoms with Gasteiger partial charge in [0.2, 0.25) is 0 Å². The maximum atomic E-state index is 12.7. The van der Waals surface area contributed by atoms with E-state index in [4.69, 9.17) is 23.8 Å². The van der Waals surface area contributed by atoms with E-state index < -0.39 is 66.2 Å². The molecule has 0 radical (unpaired) electrons. The fourth-order valence-electron chi connectivity index (χ4n) is 5.31. The van der Waals surface area contributed by atoms with Crippen molar-refractivity contribution >= 4 is 33.4 Å². The van der Waals surface area contributed by atoms with Crippen LogP contribution in [0.1, 0.15) is 149 Å². The molecule has 0 fully saturated rings.